The van der Waals surface area contributed by atoms with E-state index in [1.807, 2.05) is 31.2 Å². The Balaban J connectivity index is 1.31. The molecule has 4 aromatic rings. The Morgan fingerprint density at radius 1 is 0.973 bits per heavy atom. The molecule has 1 aromatic heterocycles. The minimum absolute atomic E-state index is 0.0222. The fraction of sp³-hybridized carbons (Fsp3) is 0.222. The molecule has 0 aliphatic carbocycles. The molecule has 1 atom stereocenters. The molecule has 0 unspecified atom stereocenters. The number of benzene rings is 3. The van der Waals surface area contributed by atoms with Gasteiger partial charge in [0.25, 0.3) is 0 Å². The fourth-order valence-electron chi connectivity index (χ4n) is 4.50. The van der Waals surface area contributed by atoms with Crippen molar-refractivity contribution in [1.29, 1.82) is 0 Å². The molecule has 0 spiro atoms. The molecular weight excluding hydrogens is 483 g/mol. The molecule has 1 fully saturated rings. The number of carbonyl (C=O) groups is 1. The number of carbonyl (C=O) groups excluding carboxylic acids is 1. The van der Waals surface area contributed by atoms with Gasteiger partial charge in [-0.05, 0) is 55.5 Å². The lowest BCUT2D eigenvalue weighted by atomic mass is 10.0. The van der Waals surface area contributed by atoms with Gasteiger partial charge in [-0.25, -0.2) is 9.18 Å². The first-order chi connectivity index (χ1) is 17.9. The largest absolute Gasteiger partial charge is 0.435 e. The zero-order valence-electron chi connectivity index (χ0n) is 19.9. The van der Waals surface area contributed by atoms with Crippen LogP contribution in [-0.4, -0.2) is 53.4 Å². The quantitative estimate of drug-likeness (QED) is 0.371. The number of fused-ring (bicyclic) bond motifs is 1. The summed E-state index contributed by atoms with van der Waals surface area (Å²) < 4.78 is 42.4. The van der Waals surface area contributed by atoms with Crippen molar-refractivity contribution in [2.45, 2.75) is 19.6 Å². The first kappa shape index (κ1) is 24.4. The molecule has 3 aromatic carbocycles. The first-order valence-electron chi connectivity index (χ1n) is 11.8. The van der Waals surface area contributed by atoms with Crippen LogP contribution in [0.25, 0.3) is 22.0 Å². The summed E-state index contributed by atoms with van der Waals surface area (Å²) in [5.41, 5.74) is 1.94. The maximum Gasteiger partial charge on any atom is 0.387 e. The first-order valence-corrected chi connectivity index (χ1v) is 11.8. The van der Waals surface area contributed by atoms with Gasteiger partial charge in [-0.3, -0.25) is 0 Å². The molecule has 7 nitrogen and oxygen atoms in total. The highest BCUT2D eigenvalue weighted by Crippen LogP contribution is 2.33. The van der Waals surface area contributed by atoms with Gasteiger partial charge in [-0.1, -0.05) is 24.3 Å². The van der Waals surface area contributed by atoms with Gasteiger partial charge in [-0.15, -0.1) is 10.2 Å². The Morgan fingerprint density at radius 3 is 2.35 bits per heavy atom. The lowest BCUT2D eigenvalue weighted by Crippen LogP contribution is -2.55. The van der Waals surface area contributed by atoms with Gasteiger partial charge in [0.15, 0.2) is 5.82 Å². The zero-order valence-corrected chi connectivity index (χ0v) is 19.9. The summed E-state index contributed by atoms with van der Waals surface area (Å²) in [6.45, 7) is 0.566. The number of amides is 2. The zero-order chi connectivity index (χ0) is 25.9. The molecule has 10 heteroatoms. The second-order valence-corrected chi connectivity index (χ2v) is 8.75. The van der Waals surface area contributed by atoms with Crippen LogP contribution < -0.4 is 15.0 Å². The molecule has 2 heterocycles. The third-order valence-electron chi connectivity index (χ3n) is 6.30. The van der Waals surface area contributed by atoms with Crippen molar-refractivity contribution >= 4 is 28.3 Å². The number of piperazine rings is 1. The predicted molar refractivity (Wildman–Crippen MR) is 135 cm³/mol. The topological polar surface area (TPSA) is 70.6 Å². The number of hydrogen-bond donors (Lipinski definition) is 1. The summed E-state index contributed by atoms with van der Waals surface area (Å²) in [4.78, 5) is 16.7. The van der Waals surface area contributed by atoms with Crippen LogP contribution in [0.5, 0.6) is 5.75 Å². The highest BCUT2D eigenvalue weighted by molar-refractivity contribution is 6.00. The minimum Gasteiger partial charge on any atom is -0.435 e. The van der Waals surface area contributed by atoms with E-state index in [2.05, 4.69) is 25.2 Å². The second-order valence-electron chi connectivity index (χ2n) is 8.75. The number of alkyl halides is 2. The van der Waals surface area contributed by atoms with Crippen LogP contribution in [0.3, 0.4) is 0 Å². The Labute approximate surface area is 211 Å². The lowest BCUT2D eigenvalue weighted by Gasteiger charge is -2.40. The fourth-order valence-corrected chi connectivity index (χ4v) is 4.50. The third-order valence-corrected chi connectivity index (χ3v) is 6.30. The van der Waals surface area contributed by atoms with Gasteiger partial charge in [0.05, 0.1) is 0 Å². The molecule has 37 heavy (non-hydrogen) atoms. The van der Waals surface area contributed by atoms with Gasteiger partial charge in [0.1, 0.15) is 17.3 Å². The molecule has 5 rings (SSSR count). The number of nitrogens with one attached hydrogen (secondary N) is 1. The average Bonchev–Trinajstić information content (AvgIpc) is 2.89. The summed E-state index contributed by atoms with van der Waals surface area (Å²) in [7, 11) is 0. The maximum atomic E-state index is 13.4. The van der Waals surface area contributed by atoms with Crippen LogP contribution in [-0.2, 0) is 0 Å². The number of rotatable bonds is 5. The molecule has 0 bridgehead atoms. The van der Waals surface area contributed by atoms with Crippen LogP contribution in [0, 0.1) is 5.82 Å². The molecule has 1 aliphatic heterocycles. The molecule has 2 amide bonds. The van der Waals surface area contributed by atoms with Crippen molar-refractivity contribution in [3.63, 3.8) is 0 Å². The standard InChI is InChI=1S/C27H24F3N5O2/c1-17-16-34(27(36)31-20-10-12-21(13-11-20)37-26(29)30)14-15-35(17)25-23-5-3-2-4-22(23)24(32-33-25)18-6-8-19(28)9-7-18/h2-13,17,26H,14-16H2,1H3,(H,31,36)/t17-/m0/s1. The highest BCUT2D eigenvalue weighted by atomic mass is 19.3. The summed E-state index contributed by atoms with van der Waals surface area (Å²) >= 11 is 0. The number of ether oxygens (including phenoxy) is 1. The van der Waals surface area contributed by atoms with Crippen molar-refractivity contribution in [3.8, 4) is 17.0 Å². The average molecular weight is 508 g/mol. The normalized spacial score (nSPS) is 15.8. The van der Waals surface area contributed by atoms with E-state index in [1.54, 1.807) is 17.0 Å². The van der Waals surface area contributed by atoms with Crippen molar-refractivity contribution < 1.29 is 22.7 Å². The smallest absolute Gasteiger partial charge is 0.387 e. The van der Waals surface area contributed by atoms with E-state index in [4.69, 9.17) is 0 Å². The van der Waals surface area contributed by atoms with E-state index in [0.717, 1.165) is 22.2 Å². The SMILES string of the molecule is C[C@H]1CN(C(=O)Nc2ccc(OC(F)F)cc2)CCN1c1nnc(-c2ccc(F)cc2)c2ccccc12. The number of nitrogens with zero attached hydrogens (tertiary/aromatic N) is 4. The van der Waals surface area contributed by atoms with Crippen molar-refractivity contribution in [1.82, 2.24) is 15.1 Å². The molecule has 0 saturated carbocycles. The number of halogens is 3. The summed E-state index contributed by atoms with van der Waals surface area (Å²) in [6.07, 6.45) is 0. The molecule has 1 saturated heterocycles. The summed E-state index contributed by atoms with van der Waals surface area (Å²) in [5, 5.41) is 13.7. The molecule has 1 aliphatic rings. The maximum absolute atomic E-state index is 13.4. The number of hydrogen-bond acceptors (Lipinski definition) is 5. The van der Waals surface area contributed by atoms with E-state index >= 15 is 0 Å². The Kier molecular flexibility index (Phi) is 6.80. The van der Waals surface area contributed by atoms with Gasteiger partial charge in [0.2, 0.25) is 0 Å². The number of aromatic nitrogens is 2. The van der Waals surface area contributed by atoms with E-state index in [0.29, 0.717) is 31.0 Å². The monoisotopic (exact) mass is 507 g/mol. The van der Waals surface area contributed by atoms with Gasteiger partial charge < -0.3 is 19.9 Å². The number of urea groups is 1. The molecule has 190 valence electrons. The second kappa shape index (κ2) is 10.3. The van der Waals surface area contributed by atoms with Crippen LogP contribution in [0.15, 0.2) is 72.8 Å². The van der Waals surface area contributed by atoms with Crippen LogP contribution in [0.1, 0.15) is 6.92 Å². The Bertz CT molecular complexity index is 1400. The van der Waals surface area contributed by atoms with Crippen LogP contribution in [0.2, 0.25) is 0 Å². The third kappa shape index (κ3) is 5.28. The van der Waals surface area contributed by atoms with Gasteiger partial charge >= 0.3 is 12.6 Å². The highest BCUT2D eigenvalue weighted by Gasteiger charge is 2.29. The minimum atomic E-state index is -2.90. The number of anilines is 2. The molecule has 1 N–H and O–H groups in total. The summed E-state index contributed by atoms with van der Waals surface area (Å²) in [5.74, 6) is 0.434. The van der Waals surface area contributed by atoms with Crippen molar-refractivity contribution in [2.24, 2.45) is 0 Å². The summed E-state index contributed by atoms with van der Waals surface area (Å²) in [6, 6.07) is 19.4. The van der Waals surface area contributed by atoms with Gasteiger partial charge in [0, 0.05) is 47.7 Å². The Hall–Kier alpha value is -4.34. The van der Waals surface area contributed by atoms with E-state index < -0.39 is 6.61 Å². The Morgan fingerprint density at radius 2 is 1.68 bits per heavy atom. The lowest BCUT2D eigenvalue weighted by molar-refractivity contribution is -0.0498. The predicted octanol–water partition coefficient (Wildman–Crippen LogP) is 5.78. The van der Waals surface area contributed by atoms with E-state index in [-0.39, 0.29) is 23.6 Å². The van der Waals surface area contributed by atoms with E-state index in [9.17, 15) is 18.0 Å². The van der Waals surface area contributed by atoms with E-state index in [1.165, 1.54) is 36.4 Å². The molecular formula is C27H24F3N5O2. The van der Waals surface area contributed by atoms with Crippen molar-refractivity contribution in [2.75, 3.05) is 29.9 Å². The molecule has 0 radical (unpaired) electrons. The van der Waals surface area contributed by atoms with Crippen molar-refractivity contribution in [3.05, 3.63) is 78.6 Å². The van der Waals surface area contributed by atoms with Gasteiger partial charge in [-0.2, -0.15) is 8.78 Å². The van der Waals surface area contributed by atoms with Crippen LogP contribution in [0.4, 0.5) is 29.5 Å². The van der Waals surface area contributed by atoms with Crippen LogP contribution >= 0.6 is 0 Å².